The molecule has 0 amide bonds. The first kappa shape index (κ1) is 11.9. The summed E-state index contributed by atoms with van der Waals surface area (Å²) in [5, 5.41) is 2.93. The highest BCUT2D eigenvalue weighted by Gasteiger charge is 2.28. The van der Waals surface area contributed by atoms with Crippen LogP contribution in [-0.2, 0) is 16.1 Å². The van der Waals surface area contributed by atoms with Gasteiger partial charge in [-0.3, -0.25) is 0 Å². The molecule has 1 saturated heterocycles. The van der Waals surface area contributed by atoms with E-state index in [1.807, 2.05) is 0 Å². The number of hydrogen-bond acceptors (Lipinski definition) is 4. The van der Waals surface area contributed by atoms with E-state index < -0.39 is 6.10 Å². The Morgan fingerprint density at radius 3 is 3.00 bits per heavy atom. The van der Waals surface area contributed by atoms with Gasteiger partial charge in [-0.15, -0.1) is 0 Å². The summed E-state index contributed by atoms with van der Waals surface area (Å²) in [6, 6.07) is 4.41. The molecule has 0 spiro atoms. The number of carbonyl (C=O) groups excluding carboxylic acids is 1. The third-order valence-electron chi connectivity index (χ3n) is 2.48. The van der Waals surface area contributed by atoms with E-state index in [1.165, 1.54) is 12.1 Å². The van der Waals surface area contributed by atoms with Crippen molar-refractivity contribution >= 4 is 5.97 Å². The Hall–Kier alpha value is -1.62. The zero-order valence-corrected chi connectivity index (χ0v) is 9.53. The highest BCUT2D eigenvalue weighted by molar-refractivity contribution is 5.76. The predicted octanol–water partition coefficient (Wildman–Crippen LogP) is 1.24. The van der Waals surface area contributed by atoms with Crippen molar-refractivity contribution in [3.63, 3.8) is 0 Å². The molecule has 1 heterocycles. The summed E-state index contributed by atoms with van der Waals surface area (Å²) in [5.41, 5.74) is 0.772. The van der Waals surface area contributed by atoms with Gasteiger partial charge >= 0.3 is 5.97 Å². The SMILES string of the molecule is CNCc1cc(F)cc(OC2CCOC2=O)c1. The van der Waals surface area contributed by atoms with E-state index in [-0.39, 0.29) is 11.8 Å². The Morgan fingerprint density at radius 1 is 1.53 bits per heavy atom. The highest BCUT2D eigenvalue weighted by atomic mass is 19.1. The molecule has 0 aromatic heterocycles. The summed E-state index contributed by atoms with van der Waals surface area (Å²) in [5.74, 6) is -0.400. The maximum absolute atomic E-state index is 13.3. The molecule has 1 atom stereocenters. The number of benzene rings is 1. The van der Waals surface area contributed by atoms with E-state index >= 15 is 0 Å². The standard InChI is InChI=1S/C12H14FNO3/c1-14-7-8-4-9(13)6-10(5-8)17-11-2-3-16-12(11)15/h4-6,11,14H,2-3,7H2,1H3. The fourth-order valence-corrected chi connectivity index (χ4v) is 1.74. The molecule has 1 aliphatic heterocycles. The molecule has 1 aromatic carbocycles. The molecule has 4 nitrogen and oxygen atoms in total. The van der Waals surface area contributed by atoms with Gasteiger partial charge in [0.25, 0.3) is 0 Å². The van der Waals surface area contributed by atoms with Crippen LogP contribution in [0.25, 0.3) is 0 Å². The number of hydrogen-bond donors (Lipinski definition) is 1. The lowest BCUT2D eigenvalue weighted by Crippen LogP contribution is -2.21. The first-order valence-electron chi connectivity index (χ1n) is 5.46. The highest BCUT2D eigenvalue weighted by Crippen LogP contribution is 2.20. The number of esters is 1. The molecule has 1 unspecified atom stereocenters. The summed E-state index contributed by atoms with van der Waals surface area (Å²) in [7, 11) is 1.78. The van der Waals surface area contributed by atoms with Crippen LogP contribution in [0, 0.1) is 5.82 Å². The molecule has 0 aliphatic carbocycles. The second kappa shape index (κ2) is 5.14. The quantitative estimate of drug-likeness (QED) is 0.803. The number of rotatable bonds is 4. The average molecular weight is 239 g/mol. The van der Waals surface area contributed by atoms with Crippen LogP contribution in [0.4, 0.5) is 4.39 Å². The summed E-state index contributed by atoms with van der Waals surface area (Å²) in [6.45, 7) is 0.908. The van der Waals surface area contributed by atoms with Gasteiger partial charge < -0.3 is 14.8 Å². The lowest BCUT2D eigenvalue weighted by atomic mass is 10.2. The van der Waals surface area contributed by atoms with Crippen LogP contribution in [0.15, 0.2) is 18.2 Å². The Kier molecular flexibility index (Phi) is 3.58. The van der Waals surface area contributed by atoms with Gasteiger partial charge in [0.15, 0.2) is 6.10 Å². The Bertz CT molecular complexity index is 422. The van der Waals surface area contributed by atoms with E-state index in [2.05, 4.69) is 5.32 Å². The topological polar surface area (TPSA) is 47.6 Å². The molecule has 0 saturated carbocycles. The van der Waals surface area contributed by atoms with Crippen molar-refractivity contribution in [1.29, 1.82) is 0 Å². The van der Waals surface area contributed by atoms with Crippen LogP contribution in [0.3, 0.4) is 0 Å². The van der Waals surface area contributed by atoms with Crippen LogP contribution in [0.1, 0.15) is 12.0 Å². The van der Waals surface area contributed by atoms with Crippen LogP contribution < -0.4 is 10.1 Å². The van der Waals surface area contributed by atoms with Crippen molar-refractivity contribution in [1.82, 2.24) is 5.32 Å². The molecule has 17 heavy (non-hydrogen) atoms. The maximum atomic E-state index is 13.3. The first-order chi connectivity index (χ1) is 8.19. The van der Waals surface area contributed by atoms with Crippen LogP contribution in [0.2, 0.25) is 0 Å². The summed E-state index contributed by atoms with van der Waals surface area (Å²) >= 11 is 0. The molecular weight excluding hydrogens is 225 g/mol. The third-order valence-corrected chi connectivity index (χ3v) is 2.48. The van der Waals surface area contributed by atoms with Crippen LogP contribution in [-0.4, -0.2) is 25.7 Å². The largest absolute Gasteiger partial charge is 0.478 e. The van der Waals surface area contributed by atoms with Crippen molar-refractivity contribution < 1.29 is 18.7 Å². The van der Waals surface area contributed by atoms with E-state index in [0.717, 1.165) is 5.56 Å². The predicted molar refractivity (Wildman–Crippen MR) is 59.2 cm³/mol. The monoisotopic (exact) mass is 239 g/mol. The van der Waals surface area contributed by atoms with Gasteiger partial charge in [-0.1, -0.05) is 0 Å². The Labute approximate surface area is 98.7 Å². The second-order valence-electron chi connectivity index (χ2n) is 3.89. The lowest BCUT2D eigenvalue weighted by molar-refractivity contribution is -0.143. The van der Waals surface area contributed by atoms with Gasteiger partial charge in [0, 0.05) is 19.0 Å². The van der Waals surface area contributed by atoms with Crippen molar-refractivity contribution in [2.45, 2.75) is 19.1 Å². The summed E-state index contributed by atoms with van der Waals surface area (Å²) in [4.78, 5) is 11.2. The molecule has 1 aliphatic rings. The van der Waals surface area contributed by atoms with Crippen LogP contribution >= 0.6 is 0 Å². The van der Waals surface area contributed by atoms with Gasteiger partial charge in [0.2, 0.25) is 0 Å². The number of cyclic esters (lactones) is 1. The van der Waals surface area contributed by atoms with E-state index in [0.29, 0.717) is 25.3 Å². The second-order valence-corrected chi connectivity index (χ2v) is 3.89. The lowest BCUT2D eigenvalue weighted by Gasteiger charge is -2.11. The van der Waals surface area contributed by atoms with Gasteiger partial charge in [-0.25, -0.2) is 9.18 Å². The molecule has 1 fully saturated rings. The number of nitrogens with one attached hydrogen (secondary N) is 1. The minimum Gasteiger partial charge on any atom is -0.478 e. The van der Waals surface area contributed by atoms with Crippen molar-refractivity contribution in [2.75, 3.05) is 13.7 Å². The molecule has 92 valence electrons. The Morgan fingerprint density at radius 2 is 2.35 bits per heavy atom. The minimum atomic E-state index is -0.612. The van der Waals surface area contributed by atoms with Crippen LogP contribution in [0.5, 0.6) is 5.75 Å². The molecule has 2 rings (SSSR count). The molecule has 5 heteroatoms. The zero-order chi connectivity index (χ0) is 12.3. The number of ether oxygens (including phenoxy) is 2. The van der Waals surface area contributed by atoms with Gasteiger partial charge in [-0.2, -0.15) is 0 Å². The Balaban J connectivity index is 2.11. The van der Waals surface area contributed by atoms with E-state index in [9.17, 15) is 9.18 Å². The fraction of sp³-hybridized carbons (Fsp3) is 0.417. The van der Waals surface area contributed by atoms with Crippen molar-refractivity contribution in [3.8, 4) is 5.75 Å². The molecule has 0 bridgehead atoms. The number of carbonyl (C=O) groups is 1. The van der Waals surface area contributed by atoms with Gasteiger partial charge in [0.05, 0.1) is 6.61 Å². The molecular formula is C12H14FNO3. The summed E-state index contributed by atoms with van der Waals surface area (Å²) < 4.78 is 23.5. The number of halogens is 1. The minimum absolute atomic E-state index is 0.360. The van der Waals surface area contributed by atoms with Crippen molar-refractivity contribution in [3.05, 3.63) is 29.6 Å². The first-order valence-corrected chi connectivity index (χ1v) is 5.46. The molecule has 1 N–H and O–H groups in total. The average Bonchev–Trinajstić information content (AvgIpc) is 2.64. The third kappa shape index (κ3) is 2.94. The molecule has 0 radical (unpaired) electrons. The van der Waals surface area contributed by atoms with Gasteiger partial charge in [-0.05, 0) is 24.7 Å². The van der Waals surface area contributed by atoms with E-state index in [1.54, 1.807) is 13.1 Å². The van der Waals surface area contributed by atoms with Gasteiger partial charge in [0.1, 0.15) is 11.6 Å². The van der Waals surface area contributed by atoms with E-state index in [4.69, 9.17) is 9.47 Å². The molecule has 1 aromatic rings. The zero-order valence-electron chi connectivity index (χ0n) is 9.53. The van der Waals surface area contributed by atoms with Crippen molar-refractivity contribution in [2.24, 2.45) is 0 Å². The maximum Gasteiger partial charge on any atom is 0.347 e. The normalized spacial score (nSPS) is 19.2. The summed E-state index contributed by atoms with van der Waals surface area (Å²) in [6.07, 6.45) is -0.101. The smallest absolute Gasteiger partial charge is 0.347 e. The fourth-order valence-electron chi connectivity index (χ4n) is 1.74.